The second-order valence-electron chi connectivity index (χ2n) is 6.12. The molecule has 0 spiro atoms. The van der Waals surface area contributed by atoms with Crippen LogP contribution >= 0.6 is 0 Å². The fourth-order valence-corrected chi connectivity index (χ4v) is 3.05. The minimum atomic E-state index is 0.253. The number of hydrogen-bond acceptors (Lipinski definition) is 4. The molecule has 2 aliphatic rings. The van der Waals surface area contributed by atoms with Gasteiger partial charge in [0.05, 0.1) is 13.2 Å². The van der Waals surface area contributed by atoms with Crippen molar-refractivity contribution in [2.75, 3.05) is 52.5 Å². The summed E-state index contributed by atoms with van der Waals surface area (Å²) in [6.45, 7) is 15.6. The molecule has 2 rings (SSSR count). The van der Waals surface area contributed by atoms with Gasteiger partial charge in [0.2, 0.25) is 0 Å². The smallest absolute Gasteiger partial charge is 0.0594 e. The van der Waals surface area contributed by atoms with Crippen LogP contribution < -0.4 is 5.32 Å². The molecule has 0 aromatic heterocycles. The van der Waals surface area contributed by atoms with Gasteiger partial charge in [-0.1, -0.05) is 0 Å². The Morgan fingerprint density at radius 3 is 2.47 bits per heavy atom. The first kappa shape index (κ1) is 13.3. The number of nitrogens with zero attached hydrogens (tertiary/aromatic N) is 2. The van der Waals surface area contributed by atoms with Crippen molar-refractivity contribution in [3.63, 3.8) is 0 Å². The molecule has 0 amide bonds. The van der Waals surface area contributed by atoms with Crippen LogP contribution in [0.1, 0.15) is 20.8 Å². The normalized spacial score (nSPS) is 31.6. The van der Waals surface area contributed by atoms with Crippen LogP contribution in [0.25, 0.3) is 0 Å². The van der Waals surface area contributed by atoms with Crippen LogP contribution in [0.15, 0.2) is 0 Å². The average Bonchev–Trinajstić information content (AvgIpc) is 2.25. The van der Waals surface area contributed by atoms with E-state index in [1.54, 1.807) is 0 Å². The Hall–Kier alpha value is -0.160. The maximum absolute atomic E-state index is 5.38. The maximum Gasteiger partial charge on any atom is 0.0594 e. The van der Waals surface area contributed by atoms with Crippen LogP contribution in [-0.2, 0) is 4.74 Å². The number of morpholine rings is 1. The summed E-state index contributed by atoms with van der Waals surface area (Å²) in [5.41, 5.74) is 0.253. The molecule has 1 unspecified atom stereocenters. The van der Waals surface area contributed by atoms with Crippen LogP contribution in [0.3, 0.4) is 0 Å². The minimum Gasteiger partial charge on any atom is -0.379 e. The Balaban J connectivity index is 1.74. The van der Waals surface area contributed by atoms with Crippen molar-refractivity contribution < 1.29 is 4.74 Å². The van der Waals surface area contributed by atoms with E-state index < -0.39 is 0 Å². The molecule has 1 atom stereocenters. The SMILES string of the molecule is CC1CN(CCN2CCOCC2)CC(C)(C)N1. The van der Waals surface area contributed by atoms with Crippen molar-refractivity contribution in [1.29, 1.82) is 0 Å². The van der Waals surface area contributed by atoms with E-state index in [9.17, 15) is 0 Å². The van der Waals surface area contributed by atoms with Crippen LogP contribution in [0.5, 0.6) is 0 Å². The monoisotopic (exact) mass is 241 g/mol. The van der Waals surface area contributed by atoms with Crippen LogP contribution in [0.2, 0.25) is 0 Å². The number of ether oxygens (including phenoxy) is 1. The Morgan fingerprint density at radius 2 is 1.82 bits per heavy atom. The van der Waals surface area contributed by atoms with E-state index in [-0.39, 0.29) is 5.54 Å². The van der Waals surface area contributed by atoms with Gasteiger partial charge in [-0.15, -0.1) is 0 Å². The number of piperazine rings is 1. The van der Waals surface area contributed by atoms with E-state index in [4.69, 9.17) is 4.74 Å². The summed E-state index contributed by atoms with van der Waals surface area (Å²) in [6, 6.07) is 0.600. The van der Waals surface area contributed by atoms with Gasteiger partial charge in [-0.05, 0) is 20.8 Å². The molecule has 0 radical (unpaired) electrons. The lowest BCUT2D eigenvalue weighted by Gasteiger charge is -2.43. The van der Waals surface area contributed by atoms with Crippen molar-refractivity contribution in [2.45, 2.75) is 32.4 Å². The van der Waals surface area contributed by atoms with Gasteiger partial charge in [-0.3, -0.25) is 9.80 Å². The summed E-state index contributed by atoms with van der Waals surface area (Å²) in [5, 5.41) is 3.65. The van der Waals surface area contributed by atoms with Crippen molar-refractivity contribution >= 4 is 0 Å². The van der Waals surface area contributed by atoms with E-state index in [0.29, 0.717) is 6.04 Å². The van der Waals surface area contributed by atoms with Crippen LogP contribution in [0, 0.1) is 0 Å². The van der Waals surface area contributed by atoms with Crippen molar-refractivity contribution in [1.82, 2.24) is 15.1 Å². The van der Waals surface area contributed by atoms with E-state index in [2.05, 4.69) is 35.9 Å². The van der Waals surface area contributed by atoms with Gasteiger partial charge in [0.15, 0.2) is 0 Å². The zero-order valence-electron chi connectivity index (χ0n) is 11.5. The molecule has 17 heavy (non-hydrogen) atoms. The third-order valence-electron chi connectivity index (χ3n) is 3.62. The molecule has 0 bridgehead atoms. The average molecular weight is 241 g/mol. The highest BCUT2D eigenvalue weighted by Crippen LogP contribution is 2.13. The zero-order chi connectivity index (χ0) is 12.3. The van der Waals surface area contributed by atoms with Gasteiger partial charge < -0.3 is 10.1 Å². The summed E-state index contributed by atoms with van der Waals surface area (Å²) in [6.07, 6.45) is 0. The highest BCUT2D eigenvalue weighted by Gasteiger charge is 2.29. The highest BCUT2D eigenvalue weighted by atomic mass is 16.5. The number of hydrogen-bond donors (Lipinski definition) is 1. The van der Waals surface area contributed by atoms with Gasteiger partial charge in [-0.25, -0.2) is 0 Å². The first-order valence-corrected chi connectivity index (χ1v) is 6.85. The predicted octanol–water partition coefficient (Wildman–Crippen LogP) is 0.391. The summed E-state index contributed by atoms with van der Waals surface area (Å²) in [5.74, 6) is 0. The van der Waals surface area contributed by atoms with Crippen LogP contribution in [-0.4, -0.2) is 73.9 Å². The Labute approximate surface area is 105 Å². The summed E-state index contributed by atoms with van der Waals surface area (Å²) >= 11 is 0. The summed E-state index contributed by atoms with van der Waals surface area (Å²) < 4.78 is 5.38. The third kappa shape index (κ3) is 4.21. The van der Waals surface area contributed by atoms with Gasteiger partial charge in [0, 0.05) is 50.8 Å². The second-order valence-corrected chi connectivity index (χ2v) is 6.12. The zero-order valence-corrected chi connectivity index (χ0v) is 11.5. The molecule has 100 valence electrons. The molecule has 0 saturated carbocycles. The van der Waals surface area contributed by atoms with Crippen LogP contribution in [0.4, 0.5) is 0 Å². The lowest BCUT2D eigenvalue weighted by atomic mass is 9.99. The lowest BCUT2D eigenvalue weighted by molar-refractivity contribution is 0.0282. The topological polar surface area (TPSA) is 27.7 Å². The molecule has 2 fully saturated rings. The Bertz CT molecular complexity index is 239. The van der Waals surface area contributed by atoms with Gasteiger partial charge in [-0.2, -0.15) is 0 Å². The molecule has 2 aliphatic heterocycles. The molecule has 2 saturated heterocycles. The molecule has 0 aromatic carbocycles. The molecule has 2 heterocycles. The van der Waals surface area contributed by atoms with Crippen molar-refractivity contribution in [2.24, 2.45) is 0 Å². The highest BCUT2D eigenvalue weighted by molar-refractivity contribution is 4.90. The summed E-state index contributed by atoms with van der Waals surface area (Å²) in [7, 11) is 0. The van der Waals surface area contributed by atoms with Gasteiger partial charge >= 0.3 is 0 Å². The molecular formula is C13H27N3O. The van der Waals surface area contributed by atoms with E-state index in [0.717, 1.165) is 32.8 Å². The quantitative estimate of drug-likeness (QED) is 0.774. The molecule has 0 aliphatic carbocycles. The first-order valence-electron chi connectivity index (χ1n) is 6.85. The standard InChI is InChI=1S/C13H27N3O/c1-12-10-16(11-13(2,3)14-12)5-4-15-6-8-17-9-7-15/h12,14H,4-11H2,1-3H3. The molecule has 4 heteroatoms. The number of nitrogens with one attached hydrogen (secondary N) is 1. The van der Waals surface area contributed by atoms with Gasteiger partial charge in [0.25, 0.3) is 0 Å². The number of rotatable bonds is 3. The molecule has 4 nitrogen and oxygen atoms in total. The fourth-order valence-electron chi connectivity index (χ4n) is 3.05. The predicted molar refractivity (Wildman–Crippen MR) is 70.4 cm³/mol. The van der Waals surface area contributed by atoms with E-state index in [1.165, 1.54) is 19.6 Å². The molecule has 0 aromatic rings. The fraction of sp³-hybridized carbons (Fsp3) is 1.00. The third-order valence-corrected chi connectivity index (χ3v) is 3.62. The lowest BCUT2D eigenvalue weighted by Crippen LogP contribution is -2.61. The van der Waals surface area contributed by atoms with Crippen molar-refractivity contribution in [3.05, 3.63) is 0 Å². The van der Waals surface area contributed by atoms with Gasteiger partial charge in [0.1, 0.15) is 0 Å². The van der Waals surface area contributed by atoms with E-state index >= 15 is 0 Å². The van der Waals surface area contributed by atoms with E-state index in [1.807, 2.05) is 0 Å². The second kappa shape index (κ2) is 5.65. The first-order chi connectivity index (χ1) is 8.05. The molecular weight excluding hydrogens is 214 g/mol. The minimum absolute atomic E-state index is 0.253. The molecule has 1 N–H and O–H groups in total. The largest absolute Gasteiger partial charge is 0.379 e. The Morgan fingerprint density at radius 1 is 1.18 bits per heavy atom. The Kier molecular flexibility index (Phi) is 4.42. The maximum atomic E-state index is 5.38. The summed E-state index contributed by atoms with van der Waals surface area (Å²) in [4.78, 5) is 5.11. The van der Waals surface area contributed by atoms with Crippen molar-refractivity contribution in [3.8, 4) is 0 Å².